The van der Waals surface area contributed by atoms with E-state index in [0.29, 0.717) is 16.7 Å². The first-order valence-electron chi connectivity index (χ1n) is 6.71. The summed E-state index contributed by atoms with van der Waals surface area (Å²) in [7, 11) is 0. The van der Waals surface area contributed by atoms with Gasteiger partial charge in [0.15, 0.2) is 0 Å². The summed E-state index contributed by atoms with van der Waals surface area (Å²) >= 11 is 1.49. The number of rotatable bonds is 4. The van der Waals surface area contributed by atoms with Crippen LogP contribution in [0, 0.1) is 0 Å². The molecule has 108 valence electrons. The molecule has 2 aromatic rings. The average Bonchev–Trinajstić information content (AvgIpc) is 3.17. The van der Waals surface area contributed by atoms with Gasteiger partial charge < -0.3 is 9.84 Å². The van der Waals surface area contributed by atoms with Crippen LogP contribution in [-0.2, 0) is 11.3 Å². The quantitative estimate of drug-likeness (QED) is 0.921. The molecule has 0 amide bonds. The summed E-state index contributed by atoms with van der Waals surface area (Å²) in [6.07, 6.45) is 1.85. The molecule has 1 saturated heterocycles. The molecule has 0 aromatic carbocycles. The molecule has 3 heterocycles. The molecular formula is C12H17N5O2S. The zero-order valence-electron chi connectivity index (χ0n) is 11.5. The van der Waals surface area contributed by atoms with Gasteiger partial charge in [0.1, 0.15) is 22.5 Å². The maximum atomic E-state index is 9.43. The summed E-state index contributed by atoms with van der Waals surface area (Å²) < 4.78 is 7.36. The summed E-state index contributed by atoms with van der Waals surface area (Å²) in [6.45, 7) is 4.73. The molecular weight excluding hydrogens is 278 g/mol. The Kier molecular flexibility index (Phi) is 3.77. The second kappa shape index (κ2) is 5.55. The summed E-state index contributed by atoms with van der Waals surface area (Å²) in [4.78, 5) is 0. The molecule has 7 nitrogen and oxygen atoms in total. The topological polar surface area (TPSA) is 86.0 Å². The van der Waals surface area contributed by atoms with Gasteiger partial charge in [-0.05, 0) is 12.8 Å². The van der Waals surface area contributed by atoms with Crippen molar-refractivity contribution in [2.45, 2.75) is 45.3 Å². The van der Waals surface area contributed by atoms with E-state index < -0.39 is 0 Å². The highest BCUT2D eigenvalue weighted by molar-refractivity contribution is 7.13. The molecule has 0 saturated carbocycles. The number of aliphatic hydroxyl groups is 1. The Bertz CT molecular complexity index is 588. The van der Waals surface area contributed by atoms with Crippen LogP contribution in [0.3, 0.4) is 0 Å². The van der Waals surface area contributed by atoms with Crippen LogP contribution in [-0.4, -0.2) is 36.9 Å². The van der Waals surface area contributed by atoms with Crippen LogP contribution in [0.5, 0.6) is 0 Å². The second-order valence-corrected chi connectivity index (χ2v) is 6.06. The van der Waals surface area contributed by atoms with Gasteiger partial charge >= 0.3 is 0 Å². The SMILES string of the molecule is CC(C)c1nnc(-n2nnc(CO)c2C2CCCO2)s1. The molecule has 1 aliphatic heterocycles. The van der Waals surface area contributed by atoms with E-state index in [1.807, 2.05) is 0 Å². The average molecular weight is 295 g/mol. The normalized spacial score (nSPS) is 19.1. The van der Waals surface area contributed by atoms with Crippen molar-refractivity contribution < 1.29 is 9.84 Å². The highest BCUT2D eigenvalue weighted by Gasteiger charge is 2.28. The number of aliphatic hydroxyl groups excluding tert-OH is 1. The lowest BCUT2D eigenvalue weighted by Crippen LogP contribution is -2.09. The minimum absolute atomic E-state index is 0.0708. The smallest absolute Gasteiger partial charge is 0.234 e. The van der Waals surface area contributed by atoms with Crippen LogP contribution in [0.4, 0.5) is 0 Å². The van der Waals surface area contributed by atoms with Crippen LogP contribution in [0.15, 0.2) is 0 Å². The molecule has 0 bridgehead atoms. The Morgan fingerprint density at radius 3 is 2.85 bits per heavy atom. The van der Waals surface area contributed by atoms with Crippen molar-refractivity contribution in [3.63, 3.8) is 0 Å². The van der Waals surface area contributed by atoms with E-state index in [1.54, 1.807) is 4.68 Å². The van der Waals surface area contributed by atoms with Crippen LogP contribution in [0.25, 0.3) is 5.13 Å². The lowest BCUT2D eigenvalue weighted by Gasteiger charge is -2.10. The van der Waals surface area contributed by atoms with Gasteiger partial charge in [-0.2, -0.15) is 4.68 Å². The Balaban J connectivity index is 2.01. The third-order valence-electron chi connectivity index (χ3n) is 3.27. The molecule has 3 rings (SSSR count). The lowest BCUT2D eigenvalue weighted by molar-refractivity contribution is 0.104. The molecule has 1 atom stereocenters. The molecule has 1 N–H and O–H groups in total. The molecule has 0 spiro atoms. The molecule has 0 radical (unpaired) electrons. The van der Waals surface area contributed by atoms with Gasteiger partial charge in [-0.1, -0.05) is 30.4 Å². The van der Waals surface area contributed by atoms with Gasteiger partial charge in [-0.15, -0.1) is 15.3 Å². The molecule has 20 heavy (non-hydrogen) atoms. The van der Waals surface area contributed by atoms with E-state index in [9.17, 15) is 5.11 Å². The fourth-order valence-electron chi connectivity index (χ4n) is 2.24. The van der Waals surface area contributed by atoms with Gasteiger partial charge in [0.2, 0.25) is 5.13 Å². The number of hydrogen-bond donors (Lipinski definition) is 1. The van der Waals surface area contributed by atoms with Crippen LogP contribution in [0.1, 0.15) is 55.1 Å². The molecule has 1 fully saturated rings. The molecule has 1 aliphatic rings. The van der Waals surface area contributed by atoms with E-state index >= 15 is 0 Å². The lowest BCUT2D eigenvalue weighted by atomic mass is 10.1. The van der Waals surface area contributed by atoms with Crippen molar-refractivity contribution in [3.8, 4) is 5.13 Å². The monoisotopic (exact) mass is 295 g/mol. The fourth-order valence-corrected chi connectivity index (χ4v) is 3.04. The Morgan fingerprint density at radius 2 is 2.25 bits per heavy atom. The Hall–Kier alpha value is -1.38. The van der Waals surface area contributed by atoms with Crippen LogP contribution < -0.4 is 0 Å². The molecule has 8 heteroatoms. The Morgan fingerprint density at radius 1 is 1.40 bits per heavy atom. The van der Waals surface area contributed by atoms with E-state index in [1.165, 1.54) is 11.3 Å². The Labute approximate surface area is 120 Å². The predicted molar refractivity (Wildman–Crippen MR) is 72.8 cm³/mol. The minimum atomic E-state index is -0.148. The largest absolute Gasteiger partial charge is 0.390 e. The molecule has 2 aromatic heterocycles. The van der Waals surface area contributed by atoms with Crippen molar-refractivity contribution >= 4 is 11.3 Å². The standard InChI is InChI=1S/C12H17N5O2S/c1-7(2)11-14-15-12(20-11)17-10(8(6-18)13-16-17)9-4-3-5-19-9/h7,9,18H,3-6H2,1-2H3. The van der Waals surface area contributed by atoms with E-state index in [4.69, 9.17) is 4.74 Å². The maximum absolute atomic E-state index is 9.43. The van der Waals surface area contributed by atoms with Crippen LogP contribution in [0.2, 0.25) is 0 Å². The molecule has 1 unspecified atom stereocenters. The maximum Gasteiger partial charge on any atom is 0.234 e. The van der Waals surface area contributed by atoms with Crippen molar-refractivity contribution in [3.05, 3.63) is 16.4 Å². The van der Waals surface area contributed by atoms with Gasteiger partial charge in [0.25, 0.3) is 0 Å². The highest BCUT2D eigenvalue weighted by Crippen LogP contribution is 2.32. The first kappa shape index (κ1) is 13.6. The van der Waals surface area contributed by atoms with Crippen molar-refractivity contribution in [2.75, 3.05) is 6.61 Å². The number of ether oxygens (including phenoxy) is 1. The van der Waals surface area contributed by atoms with E-state index in [0.717, 1.165) is 30.2 Å². The first-order valence-corrected chi connectivity index (χ1v) is 7.53. The van der Waals surface area contributed by atoms with Crippen LogP contribution >= 0.6 is 11.3 Å². The van der Waals surface area contributed by atoms with Crippen molar-refractivity contribution in [2.24, 2.45) is 0 Å². The highest BCUT2D eigenvalue weighted by atomic mass is 32.1. The fraction of sp³-hybridized carbons (Fsp3) is 0.667. The van der Waals surface area contributed by atoms with E-state index in [-0.39, 0.29) is 12.7 Å². The third kappa shape index (κ3) is 2.34. The first-order chi connectivity index (χ1) is 9.70. The number of nitrogens with zero attached hydrogens (tertiary/aromatic N) is 5. The number of aromatic nitrogens is 5. The number of hydrogen-bond acceptors (Lipinski definition) is 7. The van der Waals surface area contributed by atoms with E-state index in [2.05, 4.69) is 34.4 Å². The van der Waals surface area contributed by atoms with Crippen molar-refractivity contribution in [1.82, 2.24) is 25.2 Å². The van der Waals surface area contributed by atoms with Gasteiger partial charge in [0, 0.05) is 12.5 Å². The van der Waals surface area contributed by atoms with Gasteiger partial charge in [-0.25, -0.2) is 0 Å². The van der Waals surface area contributed by atoms with Gasteiger partial charge in [0.05, 0.1) is 6.61 Å². The zero-order valence-corrected chi connectivity index (χ0v) is 12.3. The van der Waals surface area contributed by atoms with Crippen molar-refractivity contribution in [1.29, 1.82) is 0 Å². The summed E-state index contributed by atoms with van der Waals surface area (Å²) in [6, 6.07) is 0. The summed E-state index contributed by atoms with van der Waals surface area (Å²) in [5.74, 6) is 0.327. The summed E-state index contributed by atoms with van der Waals surface area (Å²) in [5, 5.41) is 27.6. The zero-order chi connectivity index (χ0) is 14.1. The minimum Gasteiger partial charge on any atom is -0.390 e. The second-order valence-electron chi connectivity index (χ2n) is 5.07. The summed E-state index contributed by atoms with van der Waals surface area (Å²) in [5.41, 5.74) is 1.36. The predicted octanol–water partition coefficient (Wildman–Crippen LogP) is 1.59. The third-order valence-corrected chi connectivity index (χ3v) is 4.47. The van der Waals surface area contributed by atoms with Gasteiger partial charge in [-0.3, -0.25) is 0 Å². The molecule has 0 aliphatic carbocycles.